The Morgan fingerprint density at radius 1 is 0.714 bits per heavy atom. The van der Waals surface area contributed by atoms with Gasteiger partial charge in [0, 0.05) is 10.8 Å². The van der Waals surface area contributed by atoms with Gasteiger partial charge in [0.05, 0.1) is 11.4 Å². The number of thiazole rings is 2. The molecule has 0 spiro atoms. The molecule has 0 aliphatic heterocycles. The average molecular weight is 607 g/mol. The molecule has 4 rings (SSSR count). The van der Waals surface area contributed by atoms with Gasteiger partial charge in [-0.2, -0.15) is 0 Å². The first kappa shape index (κ1) is 32.5. The first-order valence-electron chi connectivity index (χ1n) is 13.5. The number of nitrogens with one attached hydrogen (secondary N) is 2. The lowest BCUT2D eigenvalue weighted by Gasteiger charge is -2.18. The standard InChI is InChI=1S/C16H20N2O2S.C16H18N2O2S/c2*1-16(2,3)20-15(19)18-14-17-13(11-21-14)10-9-12-7-5-4-6-8-12/h4-8,11H,9-10H2,1-3H3,(H,17,18,19);4-11H,1-3H3,(H,17,18,19)/b;10-9+. The molecule has 0 atom stereocenters. The van der Waals surface area contributed by atoms with Crippen LogP contribution in [-0.4, -0.2) is 33.4 Å². The second-order valence-corrected chi connectivity index (χ2v) is 12.9. The van der Waals surface area contributed by atoms with E-state index in [0.29, 0.717) is 10.3 Å². The Morgan fingerprint density at radius 3 is 1.81 bits per heavy atom. The van der Waals surface area contributed by atoms with Crippen molar-refractivity contribution in [2.45, 2.75) is 65.6 Å². The largest absolute Gasteiger partial charge is 0.444 e. The lowest BCUT2D eigenvalue weighted by atomic mass is 10.1. The van der Waals surface area contributed by atoms with Gasteiger partial charge in [0.1, 0.15) is 11.2 Å². The number of ether oxygens (including phenoxy) is 2. The summed E-state index contributed by atoms with van der Waals surface area (Å²) >= 11 is 2.78. The first-order valence-corrected chi connectivity index (χ1v) is 15.3. The molecular formula is C32H38N4O4S2. The third kappa shape index (κ3) is 13.1. The van der Waals surface area contributed by atoms with E-state index in [0.717, 1.165) is 29.8 Å². The van der Waals surface area contributed by atoms with Crippen molar-refractivity contribution in [1.29, 1.82) is 0 Å². The number of amides is 2. The van der Waals surface area contributed by atoms with Crippen molar-refractivity contribution in [2.24, 2.45) is 0 Å². The Labute approximate surface area is 255 Å². The summed E-state index contributed by atoms with van der Waals surface area (Å²) in [6.45, 7) is 11.0. The van der Waals surface area contributed by atoms with Crippen LogP contribution in [0.5, 0.6) is 0 Å². The van der Waals surface area contributed by atoms with Crippen molar-refractivity contribution >= 4 is 57.3 Å². The fourth-order valence-corrected chi connectivity index (χ4v) is 4.74. The minimum absolute atomic E-state index is 0.466. The van der Waals surface area contributed by atoms with E-state index in [1.807, 2.05) is 113 Å². The van der Waals surface area contributed by atoms with Crippen molar-refractivity contribution < 1.29 is 19.1 Å². The zero-order valence-corrected chi connectivity index (χ0v) is 26.5. The van der Waals surface area contributed by atoms with Crippen LogP contribution in [0.25, 0.3) is 12.2 Å². The van der Waals surface area contributed by atoms with E-state index in [-0.39, 0.29) is 0 Å². The highest BCUT2D eigenvalue weighted by Crippen LogP contribution is 2.20. The van der Waals surface area contributed by atoms with Crippen LogP contribution in [0.15, 0.2) is 71.4 Å². The number of carbonyl (C=O) groups excluding carboxylic acids is 2. The van der Waals surface area contributed by atoms with E-state index in [9.17, 15) is 9.59 Å². The lowest BCUT2D eigenvalue weighted by molar-refractivity contribution is 0.0624. The minimum Gasteiger partial charge on any atom is -0.444 e. The molecule has 0 bridgehead atoms. The molecule has 2 heterocycles. The van der Waals surface area contributed by atoms with Crippen LogP contribution in [-0.2, 0) is 22.3 Å². The summed E-state index contributed by atoms with van der Waals surface area (Å²) in [6, 6.07) is 20.3. The van der Waals surface area contributed by atoms with E-state index < -0.39 is 23.4 Å². The SMILES string of the molecule is CC(C)(C)OC(=O)Nc1nc(/C=C/c2ccccc2)cs1.CC(C)(C)OC(=O)Nc1nc(CCc2ccccc2)cs1. The molecule has 42 heavy (non-hydrogen) atoms. The topological polar surface area (TPSA) is 102 Å². The fourth-order valence-electron chi connectivity index (χ4n) is 3.34. The number of anilines is 2. The van der Waals surface area contributed by atoms with Gasteiger partial charge in [0.25, 0.3) is 0 Å². The smallest absolute Gasteiger partial charge is 0.413 e. The third-order valence-corrected chi connectivity index (χ3v) is 6.63. The molecule has 0 aliphatic rings. The molecule has 8 nitrogen and oxygen atoms in total. The molecule has 0 saturated heterocycles. The summed E-state index contributed by atoms with van der Waals surface area (Å²) in [4.78, 5) is 32.0. The van der Waals surface area contributed by atoms with Crippen LogP contribution >= 0.6 is 22.7 Å². The van der Waals surface area contributed by atoms with Gasteiger partial charge in [0.2, 0.25) is 0 Å². The highest BCUT2D eigenvalue weighted by molar-refractivity contribution is 7.14. The maximum absolute atomic E-state index is 11.7. The van der Waals surface area contributed by atoms with Crippen LogP contribution in [0.2, 0.25) is 0 Å². The Bertz CT molecular complexity index is 1440. The number of rotatable bonds is 7. The molecule has 10 heteroatoms. The zero-order chi connectivity index (χ0) is 30.6. The number of aromatic nitrogens is 2. The third-order valence-electron chi connectivity index (χ3n) is 5.05. The van der Waals surface area contributed by atoms with E-state index in [2.05, 4.69) is 32.7 Å². The second kappa shape index (κ2) is 15.3. The summed E-state index contributed by atoms with van der Waals surface area (Å²) in [7, 11) is 0. The molecule has 0 aliphatic carbocycles. The zero-order valence-electron chi connectivity index (χ0n) is 24.8. The molecule has 0 unspecified atom stereocenters. The maximum Gasteiger partial charge on any atom is 0.413 e. The number of benzene rings is 2. The summed E-state index contributed by atoms with van der Waals surface area (Å²) in [6.07, 6.45) is 4.73. The Kier molecular flexibility index (Phi) is 11.8. The molecule has 222 valence electrons. The van der Waals surface area contributed by atoms with Crippen molar-refractivity contribution in [3.8, 4) is 0 Å². The molecule has 2 aromatic heterocycles. The van der Waals surface area contributed by atoms with Gasteiger partial charge in [-0.05, 0) is 71.6 Å². The highest BCUT2D eigenvalue weighted by Gasteiger charge is 2.18. The number of aryl methyl sites for hydroxylation is 2. The van der Waals surface area contributed by atoms with Crippen molar-refractivity contribution in [1.82, 2.24) is 9.97 Å². The van der Waals surface area contributed by atoms with Crippen molar-refractivity contribution in [2.75, 3.05) is 10.6 Å². The molecule has 0 radical (unpaired) electrons. The summed E-state index contributed by atoms with van der Waals surface area (Å²) in [5.74, 6) is 0. The van der Waals surface area contributed by atoms with Crippen molar-refractivity contribution in [3.63, 3.8) is 0 Å². The highest BCUT2D eigenvalue weighted by atomic mass is 32.1. The van der Waals surface area contributed by atoms with E-state index in [4.69, 9.17) is 9.47 Å². The summed E-state index contributed by atoms with van der Waals surface area (Å²) in [5, 5.41) is 10.2. The quantitative estimate of drug-likeness (QED) is 0.218. The van der Waals surface area contributed by atoms with Gasteiger partial charge in [-0.15, -0.1) is 22.7 Å². The maximum atomic E-state index is 11.7. The molecule has 2 amide bonds. The van der Waals surface area contributed by atoms with Crippen molar-refractivity contribution in [3.05, 3.63) is 93.9 Å². The van der Waals surface area contributed by atoms with Crippen LogP contribution in [0.1, 0.15) is 64.1 Å². The van der Waals surface area contributed by atoms with E-state index in [1.165, 1.54) is 28.2 Å². The van der Waals surface area contributed by atoms with Gasteiger partial charge in [-0.1, -0.05) is 66.7 Å². The fraction of sp³-hybridized carbons (Fsp3) is 0.312. The van der Waals surface area contributed by atoms with E-state index >= 15 is 0 Å². The molecule has 0 fully saturated rings. The molecule has 4 aromatic rings. The van der Waals surface area contributed by atoms with Crippen LogP contribution in [0, 0.1) is 0 Å². The number of carbonyl (C=O) groups is 2. The summed E-state index contributed by atoms with van der Waals surface area (Å²) in [5.41, 5.74) is 3.15. The lowest BCUT2D eigenvalue weighted by Crippen LogP contribution is -2.27. The Balaban J connectivity index is 0.000000230. The van der Waals surface area contributed by atoms with Gasteiger partial charge >= 0.3 is 12.2 Å². The second-order valence-electron chi connectivity index (χ2n) is 11.2. The molecular weight excluding hydrogens is 569 g/mol. The summed E-state index contributed by atoms with van der Waals surface area (Å²) < 4.78 is 10.4. The van der Waals surface area contributed by atoms with E-state index in [1.54, 1.807) is 0 Å². The number of hydrogen-bond donors (Lipinski definition) is 2. The first-order chi connectivity index (χ1) is 19.8. The number of hydrogen-bond acceptors (Lipinski definition) is 8. The molecule has 2 N–H and O–H groups in total. The van der Waals surface area contributed by atoms with Gasteiger partial charge in [-0.3, -0.25) is 10.6 Å². The van der Waals surface area contributed by atoms with Gasteiger partial charge < -0.3 is 9.47 Å². The predicted octanol–water partition coefficient (Wildman–Crippen LogP) is 8.94. The van der Waals surface area contributed by atoms with Crippen LogP contribution < -0.4 is 10.6 Å². The minimum atomic E-state index is -0.516. The number of nitrogens with zero attached hydrogens (tertiary/aromatic N) is 2. The van der Waals surface area contributed by atoms with Crippen LogP contribution in [0.4, 0.5) is 19.9 Å². The predicted molar refractivity (Wildman–Crippen MR) is 173 cm³/mol. The monoisotopic (exact) mass is 606 g/mol. The van der Waals surface area contributed by atoms with Crippen LogP contribution in [0.3, 0.4) is 0 Å². The Hall–Kier alpha value is -4.02. The molecule has 0 saturated carbocycles. The van der Waals surface area contributed by atoms with Gasteiger partial charge in [-0.25, -0.2) is 19.6 Å². The molecule has 2 aromatic carbocycles. The Morgan fingerprint density at radius 2 is 1.24 bits per heavy atom. The average Bonchev–Trinajstić information content (AvgIpc) is 3.54. The van der Waals surface area contributed by atoms with Gasteiger partial charge in [0.15, 0.2) is 10.3 Å². The normalized spacial score (nSPS) is 11.4.